The molecule has 19 heavy (non-hydrogen) atoms. The molecule has 0 unspecified atom stereocenters. The minimum atomic E-state index is 0.372. The predicted octanol–water partition coefficient (Wildman–Crippen LogP) is 4.67. The lowest BCUT2D eigenvalue weighted by atomic mass is 9.91. The van der Waals surface area contributed by atoms with Gasteiger partial charge in [-0.05, 0) is 38.9 Å². The molecule has 0 N–H and O–H groups in total. The standard InChI is InChI=1S/C15H29NO.C2H6/c1-3-5-6-7-8-11-16-12-9-14(10-13-16)15(17)4-2;1-2/h14H,3-13H2,1-2H3;1-2H3. The highest BCUT2D eigenvalue weighted by atomic mass is 16.1. The highest BCUT2D eigenvalue weighted by molar-refractivity contribution is 5.80. The van der Waals surface area contributed by atoms with Crippen LogP contribution in [-0.4, -0.2) is 30.3 Å². The molecular formula is C17H35NO. The van der Waals surface area contributed by atoms with Crippen molar-refractivity contribution < 1.29 is 4.79 Å². The van der Waals surface area contributed by atoms with Gasteiger partial charge in [0.1, 0.15) is 5.78 Å². The molecule has 1 aliphatic rings. The van der Waals surface area contributed by atoms with E-state index in [0.29, 0.717) is 11.7 Å². The first kappa shape index (κ1) is 18.6. The van der Waals surface area contributed by atoms with E-state index in [0.717, 1.165) is 32.4 Å². The van der Waals surface area contributed by atoms with Gasteiger partial charge in [-0.15, -0.1) is 0 Å². The van der Waals surface area contributed by atoms with Crippen molar-refractivity contribution in [1.29, 1.82) is 0 Å². The van der Waals surface area contributed by atoms with Crippen molar-refractivity contribution >= 4 is 5.78 Å². The van der Waals surface area contributed by atoms with Crippen molar-refractivity contribution in [3.63, 3.8) is 0 Å². The Kier molecular flexibility index (Phi) is 12.4. The average molecular weight is 269 g/mol. The maximum absolute atomic E-state index is 11.6. The average Bonchev–Trinajstić information content (AvgIpc) is 2.49. The zero-order valence-corrected chi connectivity index (χ0v) is 13.7. The van der Waals surface area contributed by atoms with E-state index in [2.05, 4.69) is 11.8 Å². The second-order valence-corrected chi connectivity index (χ2v) is 5.35. The molecule has 1 aliphatic heterocycles. The number of ketones is 1. The quantitative estimate of drug-likeness (QED) is 0.597. The number of Topliss-reactive ketones (excluding diaryl/α,β-unsaturated/α-hetero) is 1. The van der Waals surface area contributed by atoms with E-state index >= 15 is 0 Å². The summed E-state index contributed by atoms with van der Waals surface area (Å²) >= 11 is 0. The van der Waals surface area contributed by atoms with E-state index in [9.17, 15) is 4.79 Å². The highest BCUT2D eigenvalue weighted by Crippen LogP contribution is 2.19. The third kappa shape index (κ3) is 8.41. The van der Waals surface area contributed by atoms with Crippen LogP contribution >= 0.6 is 0 Å². The summed E-state index contributed by atoms with van der Waals surface area (Å²) in [4.78, 5) is 14.1. The Balaban J connectivity index is 0.00000154. The van der Waals surface area contributed by atoms with Gasteiger partial charge in [-0.2, -0.15) is 0 Å². The molecule has 0 spiro atoms. The minimum absolute atomic E-state index is 0.372. The van der Waals surface area contributed by atoms with E-state index in [4.69, 9.17) is 0 Å². The summed E-state index contributed by atoms with van der Waals surface area (Å²) in [7, 11) is 0. The van der Waals surface area contributed by atoms with Gasteiger partial charge >= 0.3 is 0 Å². The fraction of sp³-hybridized carbons (Fsp3) is 0.941. The predicted molar refractivity (Wildman–Crippen MR) is 84.6 cm³/mol. The van der Waals surface area contributed by atoms with E-state index < -0.39 is 0 Å². The SMILES string of the molecule is CC.CCCCCCCN1CCC(C(=O)CC)CC1. The molecule has 1 rings (SSSR count). The van der Waals surface area contributed by atoms with Crippen molar-refractivity contribution in [2.45, 2.75) is 79.1 Å². The normalized spacial score (nSPS) is 16.8. The number of carbonyl (C=O) groups excluding carboxylic acids is 1. The van der Waals surface area contributed by atoms with Crippen molar-refractivity contribution in [3.05, 3.63) is 0 Å². The largest absolute Gasteiger partial charge is 0.303 e. The first-order chi connectivity index (χ1) is 9.27. The lowest BCUT2D eigenvalue weighted by Crippen LogP contribution is -2.36. The van der Waals surface area contributed by atoms with Gasteiger partial charge in [0.2, 0.25) is 0 Å². The number of unbranched alkanes of at least 4 members (excludes halogenated alkanes) is 4. The topological polar surface area (TPSA) is 20.3 Å². The smallest absolute Gasteiger partial charge is 0.135 e. The Morgan fingerprint density at radius 3 is 2.11 bits per heavy atom. The molecule has 0 aromatic carbocycles. The molecule has 114 valence electrons. The molecule has 0 atom stereocenters. The monoisotopic (exact) mass is 269 g/mol. The third-order valence-electron chi connectivity index (χ3n) is 3.97. The summed E-state index contributed by atoms with van der Waals surface area (Å²) < 4.78 is 0. The van der Waals surface area contributed by atoms with Crippen LogP contribution in [-0.2, 0) is 4.79 Å². The number of carbonyl (C=O) groups is 1. The zero-order chi connectivity index (χ0) is 14.5. The first-order valence-electron chi connectivity index (χ1n) is 8.53. The number of nitrogens with zero attached hydrogens (tertiary/aromatic N) is 1. The number of rotatable bonds is 8. The van der Waals surface area contributed by atoms with Crippen molar-refractivity contribution in [2.75, 3.05) is 19.6 Å². The molecule has 1 saturated heterocycles. The molecule has 0 amide bonds. The van der Waals surface area contributed by atoms with E-state index in [1.54, 1.807) is 0 Å². The Bertz CT molecular complexity index is 207. The van der Waals surface area contributed by atoms with Crippen LogP contribution < -0.4 is 0 Å². The first-order valence-corrected chi connectivity index (χ1v) is 8.53. The molecule has 2 nitrogen and oxygen atoms in total. The molecule has 2 heteroatoms. The lowest BCUT2D eigenvalue weighted by molar-refractivity contribution is -0.123. The number of hydrogen-bond donors (Lipinski definition) is 0. The Morgan fingerprint density at radius 2 is 1.58 bits per heavy atom. The second kappa shape index (κ2) is 12.7. The third-order valence-corrected chi connectivity index (χ3v) is 3.97. The number of piperidine rings is 1. The summed E-state index contributed by atoms with van der Waals surface area (Å²) in [5.74, 6) is 0.851. The van der Waals surface area contributed by atoms with Gasteiger partial charge in [-0.3, -0.25) is 4.79 Å². The highest BCUT2D eigenvalue weighted by Gasteiger charge is 2.22. The lowest BCUT2D eigenvalue weighted by Gasteiger charge is -2.31. The molecule has 0 aromatic rings. The molecular weight excluding hydrogens is 234 g/mol. The summed E-state index contributed by atoms with van der Waals surface area (Å²) in [6.07, 6.45) is 9.73. The maximum atomic E-state index is 11.6. The van der Waals surface area contributed by atoms with Gasteiger partial charge < -0.3 is 4.90 Å². The fourth-order valence-electron chi connectivity index (χ4n) is 2.71. The van der Waals surface area contributed by atoms with E-state index in [1.807, 2.05) is 20.8 Å². The molecule has 1 heterocycles. The molecule has 0 saturated carbocycles. The zero-order valence-electron chi connectivity index (χ0n) is 13.7. The molecule has 0 bridgehead atoms. The van der Waals surface area contributed by atoms with Crippen LogP contribution in [0.25, 0.3) is 0 Å². The molecule has 0 radical (unpaired) electrons. The van der Waals surface area contributed by atoms with Gasteiger partial charge in [0, 0.05) is 12.3 Å². The van der Waals surface area contributed by atoms with Gasteiger partial charge in [0.15, 0.2) is 0 Å². The summed E-state index contributed by atoms with van der Waals surface area (Å²) in [5, 5.41) is 0. The summed E-state index contributed by atoms with van der Waals surface area (Å²) in [6.45, 7) is 11.8. The van der Waals surface area contributed by atoms with Gasteiger partial charge in [0.05, 0.1) is 0 Å². The van der Waals surface area contributed by atoms with E-state index in [1.165, 1.54) is 38.6 Å². The van der Waals surface area contributed by atoms with Gasteiger partial charge in [-0.1, -0.05) is 53.4 Å². The number of hydrogen-bond acceptors (Lipinski definition) is 2. The van der Waals surface area contributed by atoms with Crippen molar-refractivity contribution in [3.8, 4) is 0 Å². The minimum Gasteiger partial charge on any atom is -0.303 e. The van der Waals surface area contributed by atoms with Crippen LogP contribution in [0.15, 0.2) is 0 Å². The number of likely N-dealkylation sites (tertiary alicyclic amines) is 1. The van der Waals surface area contributed by atoms with Crippen molar-refractivity contribution in [1.82, 2.24) is 4.90 Å². The van der Waals surface area contributed by atoms with Crippen LogP contribution in [0.5, 0.6) is 0 Å². The van der Waals surface area contributed by atoms with Gasteiger partial charge in [-0.25, -0.2) is 0 Å². The van der Waals surface area contributed by atoms with Crippen LogP contribution in [0, 0.1) is 5.92 Å². The molecule has 1 fully saturated rings. The van der Waals surface area contributed by atoms with Crippen molar-refractivity contribution in [2.24, 2.45) is 5.92 Å². The Labute approximate surface area is 120 Å². The Hall–Kier alpha value is -0.370. The molecule has 0 aromatic heterocycles. The molecule has 0 aliphatic carbocycles. The van der Waals surface area contributed by atoms with Crippen LogP contribution in [0.2, 0.25) is 0 Å². The van der Waals surface area contributed by atoms with Crippen LogP contribution in [0.3, 0.4) is 0 Å². The van der Waals surface area contributed by atoms with Crippen LogP contribution in [0.4, 0.5) is 0 Å². The van der Waals surface area contributed by atoms with E-state index in [-0.39, 0.29) is 0 Å². The van der Waals surface area contributed by atoms with Crippen LogP contribution in [0.1, 0.15) is 79.1 Å². The second-order valence-electron chi connectivity index (χ2n) is 5.35. The maximum Gasteiger partial charge on any atom is 0.135 e. The summed E-state index contributed by atoms with van der Waals surface area (Å²) in [5.41, 5.74) is 0. The Morgan fingerprint density at radius 1 is 1.00 bits per heavy atom. The summed E-state index contributed by atoms with van der Waals surface area (Å²) in [6, 6.07) is 0. The fourth-order valence-corrected chi connectivity index (χ4v) is 2.71. The van der Waals surface area contributed by atoms with Gasteiger partial charge in [0.25, 0.3) is 0 Å².